The monoisotopic (exact) mass is 270 g/mol. The quantitative estimate of drug-likeness (QED) is 0.481. The van der Waals surface area contributed by atoms with Crippen molar-refractivity contribution in [2.75, 3.05) is 0 Å². The predicted molar refractivity (Wildman–Crippen MR) is 75.1 cm³/mol. The van der Waals surface area contributed by atoms with Crippen LogP contribution in [0.4, 0.5) is 11.4 Å². The third kappa shape index (κ3) is 3.26. The molecule has 0 atom stereocenters. The molecule has 2 rings (SSSR count). The molecule has 2 aromatic carbocycles. The van der Waals surface area contributed by atoms with Gasteiger partial charge in [-0.1, -0.05) is 36.4 Å². The zero-order valence-electron chi connectivity index (χ0n) is 10.3. The maximum absolute atomic E-state index is 10.7. The van der Waals surface area contributed by atoms with E-state index in [1.54, 1.807) is 36.4 Å². The van der Waals surface area contributed by atoms with Gasteiger partial charge in [0.2, 0.25) is 0 Å². The summed E-state index contributed by atoms with van der Waals surface area (Å²) in [4.78, 5) is 20.4. The Labute approximate surface area is 114 Å². The Morgan fingerprint density at radius 2 is 1.15 bits per heavy atom. The van der Waals surface area contributed by atoms with E-state index in [4.69, 9.17) is 0 Å². The van der Waals surface area contributed by atoms with Crippen molar-refractivity contribution in [3.63, 3.8) is 0 Å². The molecule has 0 aliphatic rings. The number of hydrogen-bond acceptors (Lipinski definition) is 4. The van der Waals surface area contributed by atoms with E-state index >= 15 is 0 Å². The van der Waals surface area contributed by atoms with Crippen molar-refractivity contribution in [3.8, 4) is 0 Å². The summed E-state index contributed by atoms with van der Waals surface area (Å²) in [5.74, 6) is 0. The SMILES string of the molecule is O=[N+]([O-])c1cccc(/C=C/c2cccc([N+](=O)[O-])c2)c1. The van der Waals surface area contributed by atoms with Gasteiger partial charge in [-0.05, 0) is 11.1 Å². The molecule has 100 valence electrons. The zero-order chi connectivity index (χ0) is 14.5. The summed E-state index contributed by atoms with van der Waals surface area (Å²) >= 11 is 0. The first-order valence-electron chi connectivity index (χ1n) is 5.73. The fourth-order valence-electron chi connectivity index (χ4n) is 1.68. The van der Waals surface area contributed by atoms with Crippen LogP contribution in [0.5, 0.6) is 0 Å². The van der Waals surface area contributed by atoms with Crippen molar-refractivity contribution < 1.29 is 9.85 Å². The van der Waals surface area contributed by atoms with E-state index < -0.39 is 9.85 Å². The first-order valence-corrected chi connectivity index (χ1v) is 5.73. The molecular weight excluding hydrogens is 260 g/mol. The van der Waals surface area contributed by atoms with Gasteiger partial charge in [0.05, 0.1) is 9.85 Å². The van der Waals surface area contributed by atoms with Crippen LogP contribution in [0.2, 0.25) is 0 Å². The van der Waals surface area contributed by atoms with E-state index in [0.29, 0.717) is 11.1 Å². The normalized spacial score (nSPS) is 10.6. The van der Waals surface area contributed by atoms with Gasteiger partial charge in [-0.15, -0.1) is 0 Å². The van der Waals surface area contributed by atoms with Crippen LogP contribution < -0.4 is 0 Å². The fraction of sp³-hybridized carbons (Fsp3) is 0. The van der Waals surface area contributed by atoms with Crippen LogP contribution in [0.1, 0.15) is 11.1 Å². The van der Waals surface area contributed by atoms with Crippen molar-refractivity contribution in [3.05, 3.63) is 79.9 Å². The lowest BCUT2D eigenvalue weighted by Gasteiger charge is -1.96. The van der Waals surface area contributed by atoms with E-state index in [1.807, 2.05) is 0 Å². The Balaban J connectivity index is 2.25. The number of hydrogen-bond donors (Lipinski definition) is 0. The molecule has 0 bridgehead atoms. The minimum atomic E-state index is -0.468. The molecule has 0 radical (unpaired) electrons. The molecule has 0 aliphatic heterocycles. The van der Waals surface area contributed by atoms with Crippen LogP contribution in [-0.4, -0.2) is 9.85 Å². The average Bonchev–Trinajstić information content (AvgIpc) is 2.45. The van der Waals surface area contributed by atoms with E-state index in [1.165, 1.54) is 24.3 Å². The minimum Gasteiger partial charge on any atom is -0.258 e. The zero-order valence-corrected chi connectivity index (χ0v) is 10.3. The lowest BCUT2D eigenvalue weighted by atomic mass is 10.1. The molecule has 6 nitrogen and oxygen atoms in total. The van der Waals surface area contributed by atoms with E-state index in [-0.39, 0.29) is 11.4 Å². The molecule has 0 aliphatic carbocycles. The average molecular weight is 270 g/mol. The summed E-state index contributed by atoms with van der Waals surface area (Å²) < 4.78 is 0. The van der Waals surface area contributed by atoms with Crippen molar-refractivity contribution in [1.29, 1.82) is 0 Å². The second-order valence-electron chi connectivity index (χ2n) is 4.04. The van der Waals surface area contributed by atoms with E-state index in [0.717, 1.165) is 0 Å². The summed E-state index contributed by atoms with van der Waals surface area (Å²) in [6.45, 7) is 0. The number of nitrogens with zero attached hydrogens (tertiary/aromatic N) is 2. The third-order valence-corrected chi connectivity index (χ3v) is 2.63. The number of nitro groups is 2. The molecule has 0 N–H and O–H groups in total. The second-order valence-corrected chi connectivity index (χ2v) is 4.04. The maximum Gasteiger partial charge on any atom is 0.270 e. The van der Waals surface area contributed by atoms with Crippen molar-refractivity contribution in [2.45, 2.75) is 0 Å². The number of benzene rings is 2. The topological polar surface area (TPSA) is 86.3 Å². The molecule has 6 heteroatoms. The molecule has 0 unspecified atom stereocenters. The van der Waals surface area contributed by atoms with Crippen molar-refractivity contribution in [1.82, 2.24) is 0 Å². The lowest BCUT2D eigenvalue weighted by Crippen LogP contribution is -1.88. The van der Waals surface area contributed by atoms with E-state index in [9.17, 15) is 20.2 Å². The number of non-ortho nitro benzene ring substituents is 2. The second kappa shape index (κ2) is 5.75. The summed E-state index contributed by atoms with van der Waals surface area (Å²) in [6, 6.07) is 12.3. The Kier molecular flexibility index (Phi) is 3.85. The van der Waals surface area contributed by atoms with Crippen LogP contribution >= 0.6 is 0 Å². The van der Waals surface area contributed by atoms with Gasteiger partial charge in [0.1, 0.15) is 0 Å². The largest absolute Gasteiger partial charge is 0.270 e. The van der Waals surface area contributed by atoms with Gasteiger partial charge in [0.15, 0.2) is 0 Å². The Morgan fingerprint density at radius 1 is 0.750 bits per heavy atom. The van der Waals surface area contributed by atoms with Gasteiger partial charge < -0.3 is 0 Å². The van der Waals surface area contributed by atoms with Gasteiger partial charge >= 0.3 is 0 Å². The first-order chi connectivity index (χ1) is 9.56. The predicted octanol–water partition coefficient (Wildman–Crippen LogP) is 3.67. The number of nitro benzene ring substituents is 2. The number of rotatable bonds is 4. The van der Waals surface area contributed by atoms with Crippen LogP contribution in [0, 0.1) is 20.2 Å². The van der Waals surface area contributed by atoms with Crippen molar-refractivity contribution >= 4 is 23.5 Å². The van der Waals surface area contributed by atoms with E-state index in [2.05, 4.69) is 0 Å². The molecule has 2 aromatic rings. The molecule has 0 amide bonds. The smallest absolute Gasteiger partial charge is 0.258 e. The summed E-state index contributed by atoms with van der Waals surface area (Å²) in [6.07, 6.45) is 3.35. The molecular formula is C14H10N2O4. The molecule has 0 heterocycles. The molecule has 0 spiro atoms. The van der Waals surface area contributed by atoms with Crippen LogP contribution in [0.25, 0.3) is 12.2 Å². The molecule has 0 saturated carbocycles. The van der Waals surface area contributed by atoms with Crippen LogP contribution in [0.15, 0.2) is 48.5 Å². The summed E-state index contributed by atoms with van der Waals surface area (Å²) in [7, 11) is 0. The maximum atomic E-state index is 10.7. The molecule has 0 saturated heterocycles. The molecule has 0 fully saturated rings. The lowest BCUT2D eigenvalue weighted by molar-refractivity contribution is -0.385. The highest BCUT2D eigenvalue weighted by Crippen LogP contribution is 2.18. The van der Waals surface area contributed by atoms with Crippen LogP contribution in [-0.2, 0) is 0 Å². The standard InChI is InChI=1S/C14H10N2O4/c17-15(18)13-5-1-3-11(9-13)7-8-12-4-2-6-14(10-12)16(19)20/h1-10H/b8-7+. The summed E-state index contributed by atoms with van der Waals surface area (Å²) in [5, 5.41) is 21.3. The van der Waals surface area contributed by atoms with Gasteiger partial charge in [-0.2, -0.15) is 0 Å². The highest BCUT2D eigenvalue weighted by atomic mass is 16.6. The van der Waals surface area contributed by atoms with Gasteiger partial charge in [-0.25, -0.2) is 0 Å². The van der Waals surface area contributed by atoms with Crippen molar-refractivity contribution in [2.24, 2.45) is 0 Å². The third-order valence-electron chi connectivity index (χ3n) is 2.63. The highest BCUT2D eigenvalue weighted by molar-refractivity contribution is 5.71. The molecule has 0 aromatic heterocycles. The van der Waals surface area contributed by atoms with Gasteiger partial charge in [0.25, 0.3) is 11.4 Å². The van der Waals surface area contributed by atoms with Gasteiger partial charge in [-0.3, -0.25) is 20.2 Å². The Bertz CT molecular complexity index is 636. The Morgan fingerprint density at radius 3 is 1.50 bits per heavy atom. The first kappa shape index (κ1) is 13.4. The minimum absolute atomic E-state index is 0.00573. The highest BCUT2D eigenvalue weighted by Gasteiger charge is 2.05. The fourth-order valence-corrected chi connectivity index (χ4v) is 1.68. The summed E-state index contributed by atoms with van der Waals surface area (Å²) in [5.41, 5.74) is 1.33. The Hall–Kier alpha value is -3.02. The van der Waals surface area contributed by atoms with Gasteiger partial charge in [0, 0.05) is 24.3 Å². The van der Waals surface area contributed by atoms with Crippen LogP contribution in [0.3, 0.4) is 0 Å². The molecule has 20 heavy (non-hydrogen) atoms.